The van der Waals surface area contributed by atoms with Gasteiger partial charge < -0.3 is 5.11 Å². The first kappa shape index (κ1) is 7.14. The second kappa shape index (κ2) is 2.23. The third kappa shape index (κ3) is 1.15. The first-order valence-electron chi connectivity index (χ1n) is 4.45. The van der Waals surface area contributed by atoms with Crippen LogP contribution in [0.5, 0.6) is 0 Å². The lowest BCUT2D eigenvalue weighted by atomic mass is 9.90. The average Bonchev–Trinajstić information content (AvgIpc) is 2.56. The smallest absolute Gasteiger partial charge is 0.303 e. The lowest BCUT2D eigenvalue weighted by Gasteiger charge is -2.14. The second-order valence-corrected chi connectivity index (χ2v) is 4.05. The van der Waals surface area contributed by atoms with E-state index in [0.29, 0.717) is 17.8 Å². The minimum Gasteiger partial charge on any atom is -0.481 e. The van der Waals surface area contributed by atoms with Gasteiger partial charge in [0, 0.05) is 6.42 Å². The zero-order valence-electron chi connectivity index (χ0n) is 6.68. The van der Waals surface area contributed by atoms with E-state index in [9.17, 15) is 4.79 Å². The van der Waals surface area contributed by atoms with Crippen LogP contribution in [-0.4, -0.2) is 11.1 Å². The Balaban J connectivity index is 1.97. The quantitative estimate of drug-likeness (QED) is 0.660. The summed E-state index contributed by atoms with van der Waals surface area (Å²) < 4.78 is 0. The van der Waals surface area contributed by atoms with Gasteiger partial charge in [0.25, 0.3) is 0 Å². The van der Waals surface area contributed by atoms with Crippen LogP contribution in [0.2, 0.25) is 0 Å². The third-order valence-electron chi connectivity index (χ3n) is 3.41. The van der Waals surface area contributed by atoms with Gasteiger partial charge in [-0.15, -0.1) is 0 Å². The topological polar surface area (TPSA) is 37.3 Å². The molecule has 2 aliphatic carbocycles. The van der Waals surface area contributed by atoms with Gasteiger partial charge in [-0.25, -0.2) is 0 Å². The Kier molecular flexibility index (Phi) is 1.44. The molecular formula is C9H14O2. The molecule has 0 heterocycles. The van der Waals surface area contributed by atoms with Crippen molar-refractivity contribution < 1.29 is 9.90 Å². The van der Waals surface area contributed by atoms with Crippen LogP contribution in [0.25, 0.3) is 0 Å². The molecule has 1 N–H and O–H groups in total. The van der Waals surface area contributed by atoms with Crippen LogP contribution in [0.4, 0.5) is 0 Å². The van der Waals surface area contributed by atoms with Crippen molar-refractivity contribution in [2.24, 2.45) is 11.3 Å². The molecule has 11 heavy (non-hydrogen) atoms. The Morgan fingerprint density at radius 1 is 1.45 bits per heavy atom. The van der Waals surface area contributed by atoms with E-state index in [1.54, 1.807) is 0 Å². The van der Waals surface area contributed by atoms with E-state index in [-0.39, 0.29) is 0 Å². The van der Waals surface area contributed by atoms with Crippen molar-refractivity contribution in [3.63, 3.8) is 0 Å². The Labute approximate surface area is 66.6 Å². The van der Waals surface area contributed by atoms with Crippen molar-refractivity contribution in [3.05, 3.63) is 0 Å². The van der Waals surface area contributed by atoms with Gasteiger partial charge in [-0.1, -0.05) is 6.42 Å². The van der Waals surface area contributed by atoms with Crippen LogP contribution < -0.4 is 0 Å². The molecular weight excluding hydrogens is 140 g/mol. The van der Waals surface area contributed by atoms with E-state index < -0.39 is 5.97 Å². The van der Waals surface area contributed by atoms with Crippen LogP contribution in [-0.2, 0) is 4.79 Å². The van der Waals surface area contributed by atoms with Crippen LogP contribution in [0.1, 0.15) is 38.5 Å². The number of carboxylic acids is 1. The zero-order chi connectivity index (χ0) is 7.90. The molecule has 2 nitrogen and oxygen atoms in total. The number of carbonyl (C=O) groups is 1. The largest absolute Gasteiger partial charge is 0.481 e. The fourth-order valence-electron chi connectivity index (χ4n) is 2.56. The summed E-state index contributed by atoms with van der Waals surface area (Å²) in [6.45, 7) is 0. The molecule has 2 aliphatic rings. The molecule has 0 aromatic carbocycles. The first-order chi connectivity index (χ1) is 5.23. The highest BCUT2D eigenvalue weighted by Crippen LogP contribution is 2.62. The highest BCUT2D eigenvalue weighted by molar-refractivity contribution is 5.67. The molecule has 2 rings (SSSR count). The highest BCUT2D eigenvalue weighted by atomic mass is 16.4. The van der Waals surface area contributed by atoms with Crippen LogP contribution >= 0.6 is 0 Å². The van der Waals surface area contributed by atoms with Crippen LogP contribution in [0.3, 0.4) is 0 Å². The predicted molar refractivity (Wildman–Crippen MR) is 41.3 cm³/mol. The molecule has 0 aliphatic heterocycles. The van der Waals surface area contributed by atoms with E-state index in [1.165, 1.54) is 25.7 Å². The minimum absolute atomic E-state index is 0.417. The summed E-state index contributed by atoms with van der Waals surface area (Å²) in [4.78, 5) is 10.5. The van der Waals surface area contributed by atoms with Crippen LogP contribution in [0.15, 0.2) is 0 Å². The minimum atomic E-state index is -0.608. The van der Waals surface area contributed by atoms with Gasteiger partial charge >= 0.3 is 5.97 Å². The van der Waals surface area contributed by atoms with Gasteiger partial charge in [0.15, 0.2) is 0 Å². The van der Waals surface area contributed by atoms with Gasteiger partial charge in [-0.2, -0.15) is 0 Å². The average molecular weight is 154 g/mol. The highest BCUT2D eigenvalue weighted by Gasteiger charge is 2.51. The number of rotatable bonds is 2. The normalized spacial score (nSPS) is 32.5. The third-order valence-corrected chi connectivity index (χ3v) is 3.41. The van der Waals surface area contributed by atoms with Gasteiger partial charge in [-0.05, 0) is 37.0 Å². The Bertz CT molecular complexity index is 182. The summed E-state index contributed by atoms with van der Waals surface area (Å²) in [6, 6.07) is 0. The fraction of sp³-hybridized carbons (Fsp3) is 0.889. The van der Waals surface area contributed by atoms with Crippen molar-refractivity contribution in [2.45, 2.75) is 38.5 Å². The van der Waals surface area contributed by atoms with Crippen molar-refractivity contribution in [3.8, 4) is 0 Å². The summed E-state index contributed by atoms with van der Waals surface area (Å²) in [6.07, 6.45) is 6.73. The van der Waals surface area contributed by atoms with Gasteiger partial charge in [0.05, 0.1) is 0 Å². The lowest BCUT2D eigenvalue weighted by molar-refractivity contribution is -0.138. The maximum absolute atomic E-state index is 10.5. The number of aliphatic carboxylic acids is 1. The number of hydrogen-bond acceptors (Lipinski definition) is 1. The predicted octanol–water partition coefficient (Wildman–Crippen LogP) is 2.04. The zero-order valence-corrected chi connectivity index (χ0v) is 6.68. The SMILES string of the molecule is O=C(O)CC1CCCC12CC2. The van der Waals surface area contributed by atoms with Crippen molar-refractivity contribution in [1.82, 2.24) is 0 Å². The molecule has 0 aromatic heterocycles. The standard InChI is InChI=1S/C9H14O2/c10-8(11)6-7-2-1-3-9(7)4-5-9/h7H,1-6H2,(H,10,11). The van der Waals surface area contributed by atoms with Crippen molar-refractivity contribution in [2.75, 3.05) is 0 Å². The summed E-state index contributed by atoms with van der Waals surface area (Å²) >= 11 is 0. The summed E-state index contributed by atoms with van der Waals surface area (Å²) in [5, 5.41) is 8.63. The first-order valence-corrected chi connectivity index (χ1v) is 4.45. The molecule has 0 amide bonds. The van der Waals surface area contributed by atoms with Gasteiger partial charge in [0.2, 0.25) is 0 Å². The molecule has 0 radical (unpaired) electrons. The Morgan fingerprint density at radius 2 is 2.18 bits per heavy atom. The van der Waals surface area contributed by atoms with Crippen LogP contribution in [0, 0.1) is 11.3 Å². The Hall–Kier alpha value is -0.530. The number of carboxylic acid groups (broad SMARTS) is 1. The monoisotopic (exact) mass is 154 g/mol. The molecule has 0 bridgehead atoms. The van der Waals surface area contributed by atoms with E-state index in [0.717, 1.165) is 6.42 Å². The summed E-state index contributed by atoms with van der Waals surface area (Å²) in [5.74, 6) is -0.0943. The van der Waals surface area contributed by atoms with Crippen molar-refractivity contribution in [1.29, 1.82) is 0 Å². The lowest BCUT2D eigenvalue weighted by Crippen LogP contribution is -2.13. The van der Waals surface area contributed by atoms with E-state index in [4.69, 9.17) is 5.11 Å². The van der Waals surface area contributed by atoms with Gasteiger partial charge in [-0.3, -0.25) is 4.79 Å². The fourth-order valence-corrected chi connectivity index (χ4v) is 2.56. The molecule has 2 fully saturated rings. The maximum atomic E-state index is 10.5. The Morgan fingerprint density at radius 3 is 2.73 bits per heavy atom. The molecule has 1 unspecified atom stereocenters. The van der Waals surface area contributed by atoms with Crippen molar-refractivity contribution >= 4 is 5.97 Å². The van der Waals surface area contributed by atoms with E-state index >= 15 is 0 Å². The molecule has 1 atom stereocenters. The molecule has 2 heteroatoms. The molecule has 1 spiro atoms. The van der Waals surface area contributed by atoms with Gasteiger partial charge in [0.1, 0.15) is 0 Å². The maximum Gasteiger partial charge on any atom is 0.303 e. The number of hydrogen-bond donors (Lipinski definition) is 1. The molecule has 0 saturated heterocycles. The second-order valence-electron chi connectivity index (χ2n) is 4.05. The molecule has 0 aromatic rings. The summed E-state index contributed by atoms with van der Waals surface area (Å²) in [5.41, 5.74) is 0.512. The van der Waals surface area contributed by atoms with E-state index in [2.05, 4.69) is 0 Å². The van der Waals surface area contributed by atoms with E-state index in [1.807, 2.05) is 0 Å². The molecule has 62 valence electrons. The summed E-state index contributed by atoms with van der Waals surface area (Å²) in [7, 11) is 0. The molecule has 2 saturated carbocycles.